The first-order chi connectivity index (χ1) is 8.24. The first-order valence-corrected chi connectivity index (χ1v) is 8.16. The van der Waals surface area contributed by atoms with Crippen LogP contribution < -0.4 is 5.32 Å². The molecule has 1 N–H and O–H groups in total. The fraction of sp³-hybridized carbons (Fsp3) is 0.929. The average Bonchev–Trinajstić information content (AvgIpc) is 2.77. The molecule has 17 heavy (non-hydrogen) atoms. The molecule has 1 aliphatic rings. The molecule has 0 spiro atoms. The fourth-order valence-electron chi connectivity index (χ4n) is 1.93. The molecule has 2 nitrogen and oxygen atoms in total. The maximum atomic E-state index is 4.64. The second-order valence-corrected chi connectivity index (χ2v) is 6.27. The third kappa shape index (κ3) is 6.35. The Bertz CT molecular complexity index is 226. The number of nitrogens with one attached hydrogen (secondary N) is 1. The lowest BCUT2D eigenvalue weighted by atomic mass is 10.1. The molecule has 1 aliphatic heterocycles. The minimum Gasteiger partial charge on any atom is -0.361 e. The van der Waals surface area contributed by atoms with Crippen LogP contribution in [0.5, 0.6) is 0 Å². The molecule has 0 aromatic heterocycles. The average molecular weight is 256 g/mol. The van der Waals surface area contributed by atoms with Crippen LogP contribution in [-0.2, 0) is 0 Å². The number of unbranched alkanes of at least 4 members (excludes halogenated alkanes) is 5. The van der Waals surface area contributed by atoms with Crippen molar-refractivity contribution < 1.29 is 0 Å². The Kier molecular flexibility index (Phi) is 7.74. The summed E-state index contributed by atoms with van der Waals surface area (Å²) in [6.07, 6.45) is 8.10. The molecular formula is C14H28N2S. The fourth-order valence-corrected chi connectivity index (χ4v) is 3.16. The van der Waals surface area contributed by atoms with Gasteiger partial charge in [-0.1, -0.05) is 64.6 Å². The van der Waals surface area contributed by atoms with E-state index in [2.05, 4.69) is 31.1 Å². The van der Waals surface area contributed by atoms with Crippen molar-refractivity contribution in [2.45, 2.75) is 65.3 Å². The molecule has 3 heteroatoms. The van der Waals surface area contributed by atoms with Crippen molar-refractivity contribution in [3.8, 4) is 0 Å². The molecule has 0 amide bonds. The van der Waals surface area contributed by atoms with Gasteiger partial charge in [-0.3, -0.25) is 4.99 Å². The van der Waals surface area contributed by atoms with Crippen molar-refractivity contribution in [1.29, 1.82) is 0 Å². The van der Waals surface area contributed by atoms with E-state index in [1.807, 2.05) is 11.8 Å². The third-order valence-electron chi connectivity index (χ3n) is 3.28. The van der Waals surface area contributed by atoms with Gasteiger partial charge in [-0.2, -0.15) is 0 Å². The largest absolute Gasteiger partial charge is 0.361 e. The zero-order valence-electron chi connectivity index (χ0n) is 11.7. The summed E-state index contributed by atoms with van der Waals surface area (Å²) in [5, 5.41) is 4.69. The van der Waals surface area contributed by atoms with Gasteiger partial charge in [0.15, 0.2) is 5.17 Å². The Morgan fingerprint density at radius 1 is 1.24 bits per heavy atom. The Morgan fingerprint density at radius 2 is 1.94 bits per heavy atom. The molecule has 1 saturated heterocycles. The summed E-state index contributed by atoms with van der Waals surface area (Å²) >= 11 is 1.89. The minimum absolute atomic E-state index is 0.628. The lowest BCUT2D eigenvalue weighted by molar-refractivity contribution is 0.503. The van der Waals surface area contributed by atoms with Crippen LogP contribution in [0.2, 0.25) is 0 Å². The molecular weight excluding hydrogens is 228 g/mol. The maximum absolute atomic E-state index is 4.64. The van der Waals surface area contributed by atoms with Crippen LogP contribution >= 0.6 is 11.8 Å². The van der Waals surface area contributed by atoms with Gasteiger partial charge in [-0.15, -0.1) is 0 Å². The number of rotatable bonds is 8. The van der Waals surface area contributed by atoms with E-state index in [4.69, 9.17) is 0 Å². The molecule has 1 unspecified atom stereocenters. The number of hydrogen-bond acceptors (Lipinski definition) is 2. The number of aliphatic imine (C=N–C) groups is 1. The molecule has 1 fully saturated rings. The van der Waals surface area contributed by atoms with Gasteiger partial charge in [0.25, 0.3) is 0 Å². The van der Waals surface area contributed by atoms with E-state index in [1.54, 1.807) is 0 Å². The number of nitrogens with zero attached hydrogens (tertiary/aromatic N) is 1. The molecule has 0 aliphatic carbocycles. The highest BCUT2D eigenvalue weighted by Crippen LogP contribution is 2.19. The van der Waals surface area contributed by atoms with Crippen molar-refractivity contribution in [2.75, 3.05) is 12.3 Å². The highest BCUT2D eigenvalue weighted by atomic mass is 32.2. The first-order valence-electron chi connectivity index (χ1n) is 7.17. The van der Waals surface area contributed by atoms with Crippen LogP contribution in [0.25, 0.3) is 0 Å². The summed E-state index contributed by atoms with van der Waals surface area (Å²) in [5.74, 6) is 1.90. The zero-order chi connectivity index (χ0) is 12.5. The number of amidine groups is 1. The SMILES string of the molecule is CCCCCCCCN=C1NC(C(C)C)CS1. The topological polar surface area (TPSA) is 24.4 Å². The van der Waals surface area contributed by atoms with Crippen LogP contribution in [-0.4, -0.2) is 23.5 Å². The van der Waals surface area contributed by atoms with Crippen LogP contribution in [0, 0.1) is 5.92 Å². The van der Waals surface area contributed by atoms with Gasteiger partial charge in [0.1, 0.15) is 0 Å². The summed E-state index contributed by atoms with van der Waals surface area (Å²) in [6.45, 7) is 7.82. The van der Waals surface area contributed by atoms with Gasteiger partial charge in [-0.25, -0.2) is 0 Å². The summed E-state index contributed by atoms with van der Waals surface area (Å²) < 4.78 is 0. The van der Waals surface area contributed by atoms with Crippen molar-refractivity contribution in [1.82, 2.24) is 5.32 Å². The van der Waals surface area contributed by atoms with Crippen molar-refractivity contribution in [3.63, 3.8) is 0 Å². The molecule has 1 rings (SSSR count). The van der Waals surface area contributed by atoms with E-state index in [-0.39, 0.29) is 0 Å². The van der Waals surface area contributed by atoms with Crippen LogP contribution in [0.15, 0.2) is 4.99 Å². The predicted octanol–water partition coefficient (Wildman–Crippen LogP) is 4.06. The van der Waals surface area contributed by atoms with Gasteiger partial charge in [-0.05, 0) is 12.3 Å². The normalized spacial score (nSPS) is 22.4. The lowest BCUT2D eigenvalue weighted by Crippen LogP contribution is -2.31. The predicted molar refractivity (Wildman–Crippen MR) is 79.9 cm³/mol. The standard InChI is InChI=1S/C14H28N2S/c1-4-5-6-7-8-9-10-15-14-16-13(11-17-14)12(2)3/h12-13H,4-11H2,1-3H3,(H,15,16). The Labute approximate surface area is 111 Å². The van der Waals surface area contributed by atoms with E-state index < -0.39 is 0 Å². The minimum atomic E-state index is 0.628. The van der Waals surface area contributed by atoms with E-state index >= 15 is 0 Å². The third-order valence-corrected chi connectivity index (χ3v) is 4.33. The van der Waals surface area contributed by atoms with Crippen molar-refractivity contribution in [2.24, 2.45) is 10.9 Å². The Morgan fingerprint density at radius 3 is 2.59 bits per heavy atom. The second-order valence-electron chi connectivity index (χ2n) is 5.26. The summed E-state index contributed by atoms with van der Waals surface area (Å²) in [6, 6.07) is 0.628. The van der Waals surface area contributed by atoms with Crippen LogP contribution in [0.4, 0.5) is 0 Å². The van der Waals surface area contributed by atoms with Gasteiger partial charge in [0.05, 0.1) is 0 Å². The molecule has 0 bridgehead atoms. The first kappa shape index (κ1) is 14.9. The van der Waals surface area contributed by atoms with Crippen LogP contribution in [0.1, 0.15) is 59.3 Å². The molecule has 0 aromatic carbocycles. The van der Waals surface area contributed by atoms with Crippen molar-refractivity contribution >= 4 is 16.9 Å². The van der Waals surface area contributed by atoms with E-state index in [0.717, 1.165) is 6.54 Å². The van der Waals surface area contributed by atoms with E-state index in [1.165, 1.54) is 49.4 Å². The number of thioether (sulfide) groups is 1. The quantitative estimate of drug-likeness (QED) is 0.662. The summed E-state index contributed by atoms with van der Waals surface area (Å²) in [5.41, 5.74) is 0. The zero-order valence-corrected chi connectivity index (χ0v) is 12.5. The Balaban J connectivity index is 2.02. The van der Waals surface area contributed by atoms with Crippen LogP contribution in [0.3, 0.4) is 0 Å². The van der Waals surface area contributed by atoms with E-state index in [9.17, 15) is 0 Å². The molecule has 100 valence electrons. The van der Waals surface area contributed by atoms with Gasteiger partial charge in [0, 0.05) is 18.3 Å². The summed E-state index contributed by atoms with van der Waals surface area (Å²) in [4.78, 5) is 4.64. The monoisotopic (exact) mass is 256 g/mol. The molecule has 0 saturated carbocycles. The smallest absolute Gasteiger partial charge is 0.156 e. The lowest BCUT2D eigenvalue weighted by Gasteiger charge is -2.13. The van der Waals surface area contributed by atoms with E-state index in [0.29, 0.717) is 12.0 Å². The second kappa shape index (κ2) is 8.84. The molecule has 1 heterocycles. The van der Waals surface area contributed by atoms with Gasteiger partial charge in [0.2, 0.25) is 0 Å². The Hall–Kier alpha value is -0.180. The van der Waals surface area contributed by atoms with Gasteiger partial charge < -0.3 is 5.32 Å². The molecule has 0 aromatic rings. The van der Waals surface area contributed by atoms with Gasteiger partial charge >= 0.3 is 0 Å². The number of hydrogen-bond donors (Lipinski definition) is 1. The molecule has 0 radical (unpaired) electrons. The van der Waals surface area contributed by atoms with Crippen molar-refractivity contribution in [3.05, 3.63) is 0 Å². The highest BCUT2D eigenvalue weighted by molar-refractivity contribution is 8.14. The summed E-state index contributed by atoms with van der Waals surface area (Å²) in [7, 11) is 0. The highest BCUT2D eigenvalue weighted by Gasteiger charge is 2.22. The maximum Gasteiger partial charge on any atom is 0.156 e. The molecule has 1 atom stereocenters.